The fourth-order valence-corrected chi connectivity index (χ4v) is 5.27. The van der Waals surface area contributed by atoms with E-state index in [0.29, 0.717) is 6.61 Å². The Morgan fingerprint density at radius 3 is 2.84 bits per heavy atom. The topological polar surface area (TPSA) is 12.5 Å². The van der Waals surface area contributed by atoms with Crippen molar-refractivity contribution in [3.05, 3.63) is 68.8 Å². The molecule has 0 saturated heterocycles. The maximum atomic E-state index is 5.86. The summed E-state index contributed by atoms with van der Waals surface area (Å²) in [6.07, 6.45) is 11.0. The average Bonchev–Trinajstić information content (AvgIpc) is 2.88. The number of nitrogens with zero attached hydrogens (tertiary/aromatic N) is 1. The van der Waals surface area contributed by atoms with Gasteiger partial charge < -0.3 is 9.64 Å². The highest BCUT2D eigenvalue weighted by atomic mass is 32.2. The smallest absolute Gasteiger partial charge is 0.0779 e. The highest BCUT2D eigenvalue weighted by Crippen LogP contribution is 2.37. The van der Waals surface area contributed by atoms with Crippen molar-refractivity contribution >= 4 is 44.2 Å². The van der Waals surface area contributed by atoms with Crippen molar-refractivity contribution in [3.8, 4) is 0 Å². The second-order valence-corrected chi connectivity index (χ2v) is 8.63. The van der Waals surface area contributed by atoms with Crippen molar-refractivity contribution in [2.75, 3.05) is 33.9 Å². The van der Waals surface area contributed by atoms with Gasteiger partial charge in [-0.2, -0.15) is 0 Å². The SMILES string of the molecule is CN(C)CCOCC1=CC=C2C=CC=c3sc4ccccc4c3=C2S1. The van der Waals surface area contributed by atoms with Gasteiger partial charge in [-0.05, 0) is 37.9 Å². The van der Waals surface area contributed by atoms with Gasteiger partial charge in [-0.25, -0.2) is 0 Å². The molecule has 1 aromatic carbocycles. The van der Waals surface area contributed by atoms with Crippen molar-refractivity contribution < 1.29 is 4.74 Å². The van der Waals surface area contributed by atoms with E-state index in [-0.39, 0.29) is 0 Å². The lowest BCUT2D eigenvalue weighted by Crippen LogP contribution is -2.21. The second kappa shape index (κ2) is 7.34. The highest BCUT2D eigenvalue weighted by molar-refractivity contribution is 8.11. The van der Waals surface area contributed by atoms with Crippen LogP contribution in [0.3, 0.4) is 0 Å². The van der Waals surface area contributed by atoms with E-state index in [1.54, 1.807) is 0 Å². The number of hydrogen-bond donors (Lipinski definition) is 0. The van der Waals surface area contributed by atoms with Gasteiger partial charge in [-0.1, -0.05) is 48.2 Å². The van der Waals surface area contributed by atoms with Gasteiger partial charge in [-0.3, -0.25) is 0 Å². The number of allylic oxidation sites excluding steroid dienone is 4. The Bertz CT molecular complexity index is 1010. The average molecular weight is 368 g/mol. The van der Waals surface area contributed by atoms with Crippen LogP contribution in [0.15, 0.2) is 59.0 Å². The van der Waals surface area contributed by atoms with E-state index in [1.165, 1.54) is 35.2 Å². The number of fused-ring (bicyclic) bond motifs is 4. The van der Waals surface area contributed by atoms with E-state index in [0.717, 1.165) is 13.2 Å². The maximum absolute atomic E-state index is 5.86. The molecule has 0 bridgehead atoms. The number of rotatable bonds is 5. The molecule has 2 heterocycles. The first kappa shape index (κ1) is 16.9. The molecule has 2 nitrogen and oxygen atoms in total. The summed E-state index contributed by atoms with van der Waals surface area (Å²) >= 11 is 3.73. The zero-order valence-electron chi connectivity index (χ0n) is 14.5. The van der Waals surface area contributed by atoms with Gasteiger partial charge in [0, 0.05) is 36.2 Å². The molecule has 2 aromatic rings. The number of benzene rings is 1. The van der Waals surface area contributed by atoms with Crippen LogP contribution in [0.25, 0.3) is 21.1 Å². The lowest BCUT2D eigenvalue weighted by Gasteiger charge is -2.16. The van der Waals surface area contributed by atoms with E-state index in [4.69, 9.17) is 4.74 Å². The highest BCUT2D eigenvalue weighted by Gasteiger charge is 2.16. The van der Waals surface area contributed by atoms with Crippen LogP contribution in [0.4, 0.5) is 0 Å². The molecule has 1 aliphatic heterocycles. The number of thioether (sulfide) groups is 1. The lowest BCUT2D eigenvalue weighted by atomic mass is 10.1. The van der Waals surface area contributed by atoms with Crippen LogP contribution in [-0.2, 0) is 4.74 Å². The van der Waals surface area contributed by atoms with Crippen LogP contribution in [0.1, 0.15) is 0 Å². The number of ether oxygens (including phenoxy) is 1. The molecule has 1 aromatic heterocycles. The lowest BCUT2D eigenvalue weighted by molar-refractivity contribution is 0.140. The van der Waals surface area contributed by atoms with Crippen LogP contribution in [0.2, 0.25) is 0 Å². The summed E-state index contributed by atoms with van der Waals surface area (Å²) in [4.78, 5) is 4.77. The molecule has 0 spiro atoms. The molecule has 128 valence electrons. The maximum Gasteiger partial charge on any atom is 0.0779 e. The minimum atomic E-state index is 0.677. The van der Waals surface area contributed by atoms with Crippen molar-refractivity contribution in [1.82, 2.24) is 4.90 Å². The molecule has 0 saturated carbocycles. The Labute approximate surface area is 156 Å². The van der Waals surface area contributed by atoms with Crippen molar-refractivity contribution in [1.29, 1.82) is 0 Å². The Kier molecular flexibility index (Phi) is 4.95. The van der Waals surface area contributed by atoms with Crippen LogP contribution in [0, 0.1) is 0 Å². The fourth-order valence-electron chi connectivity index (χ4n) is 2.96. The van der Waals surface area contributed by atoms with Crippen molar-refractivity contribution in [2.45, 2.75) is 0 Å². The number of likely N-dealkylation sites (N-methyl/N-ethyl adjacent to an activating group) is 1. The van der Waals surface area contributed by atoms with Crippen LogP contribution < -0.4 is 9.75 Å². The normalized spacial score (nSPS) is 16.2. The zero-order valence-corrected chi connectivity index (χ0v) is 16.1. The van der Waals surface area contributed by atoms with Gasteiger partial charge >= 0.3 is 0 Å². The van der Waals surface area contributed by atoms with Gasteiger partial charge in [0.2, 0.25) is 0 Å². The predicted octanol–water partition coefficient (Wildman–Crippen LogP) is 3.50. The first-order valence-electron chi connectivity index (χ1n) is 8.44. The minimum absolute atomic E-state index is 0.677. The summed E-state index contributed by atoms with van der Waals surface area (Å²) < 4.78 is 8.55. The molecule has 4 heteroatoms. The first-order valence-corrected chi connectivity index (χ1v) is 10.1. The molecule has 0 radical (unpaired) electrons. The third-order valence-corrected chi connectivity index (χ3v) is 6.54. The predicted molar refractivity (Wildman–Crippen MR) is 111 cm³/mol. The molecule has 0 fully saturated rings. The molecule has 0 amide bonds. The van der Waals surface area contributed by atoms with Gasteiger partial charge in [0.05, 0.1) is 13.2 Å². The van der Waals surface area contributed by atoms with E-state index in [2.05, 4.69) is 73.6 Å². The van der Waals surface area contributed by atoms with Gasteiger partial charge in [-0.15, -0.1) is 11.3 Å². The summed E-state index contributed by atoms with van der Waals surface area (Å²) in [5, 5.41) is 2.73. The molecular formula is C21H21NOS2. The summed E-state index contributed by atoms with van der Waals surface area (Å²) in [6.45, 7) is 2.39. The first-order chi connectivity index (χ1) is 12.2. The largest absolute Gasteiger partial charge is 0.375 e. The van der Waals surface area contributed by atoms with Gasteiger partial charge in [0.1, 0.15) is 0 Å². The van der Waals surface area contributed by atoms with Gasteiger partial charge in [0.15, 0.2) is 0 Å². The van der Waals surface area contributed by atoms with E-state index in [1.807, 2.05) is 23.1 Å². The van der Waals surface area contributed by atoms with E-state index in [9.17, 15) is 0 Å². The fraction of sp³-hybridized carbons (Fsp3) is 0.238. The van der Waals surface area contributed by atoms with E-state index < -0.39 is 0 Å². The molecule has 4 rings (SSSR count). The second-order valence-electron chi connectivity index (χ2n) is 6.41. The Morgan fingerprint density at radius 1 is 1.08 bits per heavy atom. The van der Waals surface area contributed by atoms with Gasteiger partial charge in [0.25, 0.3) is 0 Å². The van der Waals surface area contributed by atoms with Crippen LogP contribution in [0.5, 0.6) is 0 Å². The standard InChI is InChI=1S/C21H21NOS2/c1-22(2)12-13-23-14-16-11-10-15-6-5-9-19-20(21(15)24-16)17-7-3-4-8-18(17)25-19/h3-11H,12-14H2,1-2H3. The molecule has 2 aliphatic rings. The summed E-state index contributed by atoms with van der Waals surface area (Å²) in [6, 6.07) is 8.70. The van der Waals surface area contributed by atoms with E-state index >= 15 is 0 Å². The van der Waals surface area contributed by atoms with Crippen LogP contribution in [-0.4, -0.2) is 38.8 Å². The monoisotopic (exact) mass is 367 g/mol. The molecule has 25 heavy (non-hydrogen) atoms. The molecule has 1 aliphatic carbocycles. The Morgan fingerprint density at radius 2 is 1.96 bits per heavy atom. The van der Waals surface area contributed by atoms with Crippen molar-refractivity contribution in [3.63, 3.8) is 0 Å². The van der Waals surface area contributed by atoms with Crippen LogP contribution >= 0.6 is 23.1 Å². The van der Waals surface area contributed by atoms with Crippen molar-refractivity contribution in [2.24, 2.45) is 0 Å². The molecule has 0 unspecified atom stereocenters. The third-order valence-electron chi connectivity index (χ3n) is 4.24. The molecule has 0 atom stereocenters. The number of thiophene rings is 1. The minimum Gasteiger partial charge on any atom is -0.375 e. The zero-order chi connectivity index (χ0) is 17.2. The number of hydrogen-bond acceptors (Lipinski definition) is 4. The summed E-state index contributed by atoms with van der Waals surface area (Å²) in [7, 11) is 4.14. The summed E-state index contributed by atoms with van der Waals surface area (Å²) in [5.74, 6) is 0. The Hall–Kier alpha value is -1.59. The Balaban J connectivity index is 1.70. The molecular weight excluding hydrogens is 346 g/mol. The quantitative estimate of drug-likeness (QED) is 0.751. The summed E-state index contributed by atoms with van der Waals surface area (Å²) in [5.41, 5.74) is 1.29. The third kappa shape index (κ3) is 3.53. The molecule has 0 N–H and O–H groups in total.